The largest absolute Gasteiger partial charge is 0.339 e. The monoisotopic (exact) mass is 356 g/mol. The van der Waals surface area contributed by atoms with Gasteiger partial charge >= 0.3 is 0 Å². The number of carbonyl (C=O) groups excluding carboxylic acids is 2. The Labute approximate surface area is 133 Å². The van der Waals surface area contributed by atoms with Gasteiger partial charge in [-0.3, -0.25) is 14.7 Å². The molecule has 1 aromatic heterocycles. The topological polar surface area (TPSA) is 69.3 Å². The first-order valence-electron chi connectivity index (χ1n) is 7.13. The Hall–Kier alpha value is -1.37. The van der Waals surface area contributed by atoms with Crippen molar-refractivity contribution in [2.24, 2.45) is 5.92 Å². The summed E-state index contributed by atoms with van der Waals surface area (Å²) in [5.74, 6) is 0.217. The number of halogens is 1. The van der Waals surface area contributed by atoms with Gasteiger partial charge in [0.2, 0.25) is 5.91 Å². The zero-order valence-corrected chi connectivity index (χ0v) is 14.4. The second-order valence-electron chi connectivity index (χ2n) is 5.86. The molecule has 1 aliphatic heterocycles. The number of aromatic amines is 1. The minimum absolute atomic E-state index is 0.00619. The van der Waals surface area contributed by atoms with Crippen LogP contribution in [-0.2, 0) is 4.79 Å². The number of piperazine rings is 1. The Balaban J connectivity index is 2.14. The van der Waals surface area contributed by atoms with Crippen LogP contribution in [0.25, 0.3) is 0 Å². The smallest absolute Gasteiger partial charge is 0.276 e. The first-order valence-corrected chi connectivity index (χ1v) is 7.92. The normalized spacial score (nSPS) is 19.5. The quantitative estimate of drug-likeness (QED) is 0.897. The van der Waals surface area contributed by atoms with Crippen LogP contribution >= 0.6 is 15.9 Å². The van der Waals surface area contributed by atoms with E-state index in [1.807, 2.05) is 11.8 Å². The number of hydrogen-bond acceptors (Lipinski definition) is 3. The highest BCUT2D eigenvalue weighted by atomic mass is 79.9. The van der Waals surface area contributed by atoms with Gasteiger partial charge in [0.1, 0.15) is 6.04 Å². The lowest BCUT2D eigenvalue weighted by atomic mass is 10.1. The summed E-state index contributed by atoms with van der Waals surface area (Å²) < 4.78 is 0.664. The van der Waals surface area contributed by atoms with Gasteiger partial charge in [0, 0.05) is 25.3 Å². The number of rotatable bonds is 3. The molecule has 1 saturated heterocycles. The molecule has 21 heavy (non-hydrogen) atoms. The molecule has 1 fully saturated rings. The van der Waals surface area contributed by atoms with Crippen LogP contribution in [0.4, 0.5) is 0 Å². The van der Waals surface area contributed by atoms with E-state index in [4.69, 9.17) is 0 Å². The van der Waals surface area contributed by atoms with E-state index in [0.717, 1.165) is 12.2 Å². The van der Waals surface area contributed by atoms with Gasteiger partial charge in [-0.25, -0.2) is 0 Å². The molecular weight excluding hydrogens is 336 g/mol. The minimum Gasteiger partial charge on any atom is -0.339 e. The molecule has 2 rings (SSSR count). The first kappa shape index (κ1) is 16.0. The molecular formula is C14H21BrN4O2. The van der Waals surface area contributed by atoms with Crippen LogP contribution in [0.15, 0.2) is 4.47 Å². The number of hydrogen-bond donors (Lipinski definition) is 1. The van der Waals surface area contributed by atoms with Gasteiger partial charge in [0.25, 0.3) is 5.91 Å². The highest BCUT2D eigenvalue weighted by Crippen LogP contribution is 2.22. The number of nitrogens with zero attached hydrogens (tertiary/aromatic N) is 3. The molecule has 2 heterocycles. The van der Waals surface area contributed by atoms with Crippen molar-refractivity contribution < 1.29 is 9.59 Å². The molecule has 0 bridgehead atoms. The Kier molecular flexibility index (Phi) is 4.70. The fraction of sp³-hybridized carbons (Fsp3) is 0.643. The molecule has 6 nitrogen and oxygen atoms in total. The van der Waals surface area contributed by atoms with Gasteiger partial charge in [-0.2, -0.15) is 5.10 Å². The fourth-order valence-corrected chi connectivity index (χ4v) is 2.87. The first-order chi connectivity index (χ1) is 9.82. The zero-order valence-electron chi connectivity index (χ0n) is 12.8. The Morgan fingerprint density at radius 3 is 2.67 bits per heavy atom. The number of aromatic nitrogens is 2. The molecule has 0 radical (unpaired) electrons. The molecule has 7 heteroatoms. The third-order valence-electron chi connectivity index (χ3n) is 3.67. The van der Waals surface area contributed by atoms with E-state index in [-0.39, 0.29) is 11.8 Å². The maximum atomic E-state index is 12.6. The van der Waals surface area contributed by atoms with Crippen molar-refractivity contribution in [2.75, 3.05) is 19.6 Å². The second kappa shape index (κ2) is 6.17. The lowest BCUT2D eigenvalue weighted by molar-refractivity contribution is -0.140. The molecule has 2 amide bonds. The summed E-state index contributed by atoms with van der Waals surface area (Å²) in [5.41, 5.74) is 1.14. The number of amides is 2. The average Bonchev–Trinajstić information content (AvgIpc) is 2.75. The summed E-state index contributed by atoms with van der Waals surface area (Å²) in [6.45, 7) is 9.63. The van der Waals surface area contributed by atoms with Crippen molar-refractivity contribution in [3.8, 4) is 0 Å². The summed E-state index contributed by atoms with van der Waals surface area (Å²) in [6, 6.07) is -0.450. The van der Waals surface area contributed by atoms with Crippen LogP contribution in [0, 0.1) is 12.8 Å². The lowest BCUT2D eigenvalue weighted by Crippen LogP contribution is -2.58. The van der Waals surface area contributed by atoms with Crippen molar-refractivity contribution in [3.05, 3.63) is 15.9 Å². The molecule has 0 saturated carbocycles. The summed E-state index contributed by atoms with van der Waals surface area (Å²) in [4.78, 5) is 28.4. The van der Waals surface area contributed by atoms with E-state index < -0.39 is 6.04 Å². The summed E-state index contributed by atoms with van der Waals surface area (Å²) >= 11 is 3.36. The fourth-order valence-electron chi connectivity index (χ4n) is 2.52. The van der Waals surface area contributed by atoms with Crippen molar-refractivity contribution >= 4 is 27.7 Å². The number of nitrogens with one attached hydrogen (secondary N) is 1. The molecule has 0 aromatic carbocycles. The van der Waals surface area contributed by atoms with E-state index >= 15 is 0 Å². The SMILES string of the molecule is Cc1[nH]nc(C(=O)N2CCN(CC(C)C)C(=O)C2C)c1Br. The molecule has 1 unspecified atom stereocenters. The number of H-pyrrole nitrogens is 1. The highest BCUT2D eigenvalue weighted by Gasteiger charge is 2.36. The molecule has 0 spiro atoms. The van der Waals surface area contributed by atoms with Crippen LogP contribution in [0.5, 0.6) is 0 Å². The predicted octanol–water partition coefficient (Wildman–Crippen LogP) is 1.81. The van der Waals surface area contributed by atoms with Gasteiger partial charge < -0.3 is 9.80 Å². The maximum absolute atomic E-state index is 12.6. The zero-order chi connectivity index (χ0) is 15.7. The Morgan fingerprint density at radius 1 is 1.48 bits per heavy atom. The van der Waals surface area contributed by atoms with Crippen molar-refractivity contribution in [3.63, 3.8) is 0 Å². The predicted molar refractivity (Wildman–Crippen MR) is 82.9 cm³/mol. The van der Waals surface area contributed by atoms with E-state index in [1.54, 1.807) is 11.8 Å². The summed E-state index contributed by atoms with van der Waals surface area (Å²) in [7, 11) is 0. The van der Waals surface area contributed by atoms with E-state index in [0.29, 0.717) is 29.2 Å². The van der Waals surface area contributed by atoms with Crippen LogP contribution in [0.2, 0.25) is 0 Å². The molecule has 1 atom stereocenters. The molecule has 1 aromatic rings. The summed E-state index contributed by atoms with van der Waals surface area (Å²) in [6.07, 6.45) is 0. The summed E-state index contributed by atoms with van der Waals surface area (Å²) in [5, 5.41) is 6.81. The lowest BCUT2D eigenvalue weighted by Gasteiger charge is -2.39. The van der Waals surface area contributed by atoms with Crippen LogP contribution in [0.1, 0.15) is 37.0 Å². The van der Waals surface area contributed by atoms with E-state index in [9.17, 15) is 9.59 Å². The van der Waals surface area contributed by atoms with Gasteiger partial charge in [-0.05, 0) is 35.7 Å². The van der Waals surface area contributed by atoms with Crippen LogP contribution in [0.3, 0.4) is 0 Å². The molecule has 116 valence electrons. The van der Waals surface area contributed by atoms with E-state index in [1.165, 1.54) is 0 Å². The third-order valence-corrected chi connectivity index (χ3v) is 4.64. The van der Waals surface area contributed by atoms with Crippen LogP contribution < -0.4 is 0 Å². The van der Waals surface area contributed by atoms with Crippen molar-refractivity contribution in [2.45, 2.75) is 33.7 Å². The molecule has 1 N–H and O–H groups in total. The standard InChI is InChI=1S/C14H21BrN4O2/c1-8(2)7-18-5-6-19(10(4)13(18)20)14(21)12-11(15)9(3)16-17-12/h8,10H,5-7H2,1-4H3,(H,16,17). The van der Waals surface area contributed by atoms with Crippen LogP contribution in [-0.4, -0.2) is 57.5 Å². The average molecular weight is 357 g/mol. The van der Waals surface area contributed by atoms with Gasteiger partial charge in [0.05, 0.1) is 4.47 Å². The van der Waals surface area contributed by atoms with E-state index in [2.05, 4.69) is 40.0 Å². The van der Waals surface area contributed by atoms with Gasteiger partial charge in [-0.15, -0.1) is 0 Å². The Morgan fingerprint density at radius 2 is 2.14 bits per heavy atom. The second-order valence-corrected chi connectivity index (χ2v) is 6.66. The minimum atomic E-state index is -0.450. The van der Waals surface area contributed by atoms with Gasteiger partial charge in [-0.1, -0.05) is 13.8 Å². The molecule has 0 aliphatic carbocycles. The third kappa shape index (κ3) is 3.12. The number of aryl methyl sites for hydroxylation is 1. The maximum Gasteiger partial charge on any atom is 0.276 e. The van der Waals surface area contributed by atoms with Crippen molar-refractivity contribution in [1.29, 1.82) is 0 Å². The number of carbonyl (C=O) groups is 2. The highest BCUT2D eigenvalue weighted by molar-refractivity contribution is 9.10. The van der Waals surface area contributed by atoms with Crippen molar-refractivity contribution in [1.82, 2.24) is 20.0 Å². The molecule has 1 aliphatic rings. The Bertz CT molecular complexity index is 555. The van der Waals surface area contributed by atoms with Gasteiger partial charge in [0.15, 0.2) is 5.69 Å².